The van der Waals surface area contributed by atoms with E-state index in [1.807, 2.05) is 13.8 Å². The van der Waals surface area contributed by atoms with E-state index in [9.17, 15) is 18.0 Å². The Kier molecular flexibility index (Phi) is 5.43. The van der Waals surface area contributed by atoms with Crippen LogP contribution >= 0.6 is 0 Å². The van der Waals surface area contributed by atoms with Gasteiger partial charge in [0.1, 0.15) is 0 Å². The molecule has 0 aliphatic rings. The molecule has 0 aliphatic heterocycles. The zero-order valence-corrected chi connectivity index (χ0v) is 15.2. The first-order valence-electron chi connectivity index (χ1n) is 8.39. The minimum atomic E-state index is -4.47. The highest BCUT2D eigenvalue weighted by Crippen LogP contribution is 2.20. The zero-order valence-electron chi connectivity index (χ0n) is 15.2. The molecule has 1 amide bonds. The number of alkyl halides is 3. The molecule has 3 rings (SSSR count). The molecule has 0 saturated heterocycles. The van der Waals surface area contributed by atoms with E-state index in [1.54, 1.807) is 24.3 Å². The van der Waals surface area contributed by atoms with E-state index >= 15 is 0 Å². The number of aryl methyl sites for hydroxylation is 2. The number of rotatable bonds is 5. The summed E-state index contributed by atoms with van der Waals surface area (Å²) in [5.41, 5.74) is 3.56. The van der Waals surface area contributed by atoms with Gasteiger partial charge in [-0.25, -0.2) is 15.0 Å². The summed E-state index contributed by atoms with van der Waals surface area (Å²) in [5.74, 6) is -0.567. The van der Waals surface area contributed by atoms with Crippen molar-refractivity contribution in [3.63, 3.8) is 0 Å². The molecule has 2 heterocycles. The standard InChI is InChI=1S/C19H17F3N4O2/c1-11-12(2)26-16-8-13(5-6-15(16)25-11)17(27)24-9-14-4-3-7-23-18(14)28-10-19(20,21)22/h3-8H,9-10H2,1-2H3,(H,24,27). The monoisotopic (exact) mass is 390 g/mol. The minimum absolute atomic E-state index is 0.0312. The van der Waals surface area contributed by atoms with Crippen LogP contribution in [-0.4, -0.2) is 33.6 Å². The maximum absolute atomic E-state index is 12.4. The Hall–Kier alpha value is -3.23. The highest BCUT2D eigenvalue weighted by Gasteiger charge is 2.29. The summed E-state index contributed by atoms with van der Waals surface area (Å²) in [5, 5.41) is 2.66. The van der Waals surface area contributed by atoms with E-state index in [4.69, 9.17) is 4.74 Å². The van der Waals surface area contributed by atoms with Gasteiger partial charge in [0.25, 0.3) is 5.91 Å². The van der Waals surface area contributed by atoms with Gasteiger partial charge in [0, 0.05) is 23.9 Å². The summed E-state index contributed by atoms with van der Waals surface area (Å²) in [6.07, 6.45) is -3.15. The molecule has 2 aromatic heterocycles. The van der Waals surface area contributed by atoms with Gasteiger partial charge in [0.15, 0.2) is 6.61 Å². The molecule has 1 aromatic carbocycles. The van der Waals surface area contributed by atoms with E-state index in [-0.39, 0.29) is 12.4 Å². The molecular weight excluding hydrogens is 373 g/mol. The molecule has 28 heavy (non-hydrogen) atoms. The third-order valence-electron chi connectivity index (χ3n) is 4.00. The summed E-state index contributed by atoms with van der Waals surface area (Å²) in [6, 6.07) is 8.03. The number of hydrogen-bond acceptors (Lipinski definition) is 5. The minimum Gasteiger partial charge on any atom is -0.468 e. The predicted octanol–water partition coefficient (Wildman–Crippen LogP) is 3.51. The van der Waals surface area contributed by atoms with Crippen LogP contribution in [0, 0.1) is 13.8 Å². The number of pyridine rings is 1. The second-order valence-electron chi connectivity index (χ2n) is 6.15. The molecule has 6 nitrogen and oxygen atoms in total. The van der Waals surface area contributed by atoms with Gasteiger partial charge in [-0.05, 0) is 38.1 Å². The number of amides is 1. The summed E-state index contributed by atoms with van der Waals surface area (Å²) in [4.78, 5) is 25.1. The molecular formula is C19H17F3N4O2. The molecule has 9 heteroatoms. The van der Waals surface area contributed by atoms with Crippen molar-refractivity contribution >= 4 is 16.9 Å². The van der Waals surface area contributed by atoms with Crippen LogP contribution in [0.2, 0.25) is 0 Å². The zero-order chi connectivity index (χ0) is 20.3. The highest BCUT2D eigenvalue weighted by atomic mass is 19.4. The fourth-order valence-corrected chi connectivity index (χ4v) is 2.49. The maximum atomic E-state index is 12.4. The lowest BCUT2D eigenvalue weighted by molar-refractivity contribution is -0.154. The molecule has 0 aliphatic carbocycles. The second-order valence-corrected chi connectivity index (χ2v) is 6.15. The van der Waals surface area contributed by atoms with Crippen LogP contribution in [-0.2, 0) is 6.54 Å². The third kappa shape index (κ3) is 4.73. The van der Waals surface area contributed by atoms with E-state index in [0.717, 1.165) is 11.4 Å². The van der Waals surface area contributed by atoms with Gasteiger partial charge in [-0.3, -0.25) is 4.79 Å². The molecule has 0 unspecified atom stereocenters. The van der Waals surface area contributed by atoms with E-state index < -0.39 is 18.7 Å². The average molecular weight is 390 g/mol. The largest absolute Gasteiger partial charge is 0.468 e. The summed E-state index contributed by atoms with van der Waals surface area (Å²) < 4.78 is 41.8. The molecule has 0 radical (unpaired) electrons. The number of carbonyl (C=O) groups is 1. The van der Waals surface area contributed by atoms with Gasteiger partial charge in [-0.15, -0.1) is 0 Å². The first-order chi connectivity index (χ1) is 13.2. The van der Waals surface area contributed by atoms with Gasteiger partial charge in [-0.2, -0.15) is 13.2 Å². The van der Waals surface area contributed by atoms with Crippen LogP contribution in [0.4, 0.5) is 13.2 Å². The lowest BCUT2D eigenvalue weighted by Crippen LogP contribution is -2.24. The van der Waals surface area contributed by atoms with E-state index in [0.29, 0.717) is 22.2 Å². The fraction of sp³-hybridized carbons (Fsp3) is 0.263. The van der Waals surface area contributed by atoms with Gasteiger partial charge in [-0.1, -0.05) is 6.07 Å². The van der Waals surface area contributed by atoms with Crippen LogP contribution in [0.5, 0.6) is 5.88 Å². The van der Waals surface area contributed by atoms with E-state index in [1.165, 1.54) is 12.3 Å². The Bertz CT molecular complexity index is 1020. The lowest BCUT2D eigenvalue weighted by Gasteiger charge is -2.12. The molecule has 3 aromatic rings. The summed E-state index contributed by atoms with van der Waals surface area (Å²) in [6.45, 7) is 2.21. The van der Waals surface area contributed by atoms with Crippen molar-refractivity contribution in [2.24, 2.45) is 0 Å². The number of carbonyl (C=O) groups excluding carboxylic acids is 1. The SMILES string of the molecule is Cc1nc2ccc(C(=O)NCc3cccnc3OCC(F)(F)F)cc2nc1C. The number of nitrogens with zero attached hydrogens (tertiary/aromatic N) is 3. The number of aromatic nitrogens is 3. The van der Waals surface area contributed by atoms with Crippen molar-refractivity contribution in [1.29, 1.82) is 0 Å². The highest BCUT2D eigenvalue weighted by molar-refractivity contribution is 5.97. The quantitative estimate of drug-likeness (QED) is 0.721. The Morgan fingerprint density at radius 3 is 2.54 bits per heavy atom. The van der Waals surface area contributed by atoms with Gasteiger partial charge >= 0.3 is 6.18 Å². The third-order valence-corrected chi connectivity index (χ3v) is 4.00. The first kappa shape index (κ1) is 19.5. The van der Waals surface area contributed by atoms with Crippen molar-refractivity contribution in [3.8, 4) is 5.88 Å². The van der Waals surface area contributed by atoms with Crippen molar-refractivity contribution in [2.75, 3.05) is 6.61 Å². The topological polar surface area (TPSA) is 77.0 Å². The van der Waals surface area contributed by atoms with Gasteiger partial charge in [0.05, 0.1) is 22.4 Å². The number of fused-ring (bicyclic) bond motifs is 1. The summed E-state index contributed by atoms with van der Waals surface area (Å²) >= 11 is 0. The van der Waals surface area contributed by atoms with Crippen LogP contribution in [0.25, 0.3) is 11.0 Å². The Balaban J connectivity index is 1.72. The average Bonchev–Trinajstić information content (AvgIpc) is 2.65. The normalized spacial score (nSPS) is 11.5. The molecule has 0 atom stereocenters. The second kappa shape index (κ2) is 7.79. The van der Waals surface area contributed by atoms with Gasteiger partial charge in [0.2, 0.25) is 5.88 Å². The predicted molar refractivity (Wildman–Crippen MR) is 96.0 cm³/mol. The van der Waals surface area contributed by atoms with Crippen LogP contribution in [0.15, 0.2) is 36.5 Å². The van der Waals surface area contributed by atoms with Crippen molar-refractivity contribution in [3.05, 3.63) is 59.0 Å². The van der Waals surface area contributed by atoms with Crippen molar-refractivity contribution < 1.29 is 22.7 Å². The van der Waals surface area contributed by atoms with E-state index in [2.05, 4.69) is 20.3 Å². The number of hydrogen-bond donors (Lipinski definition) is 1. The molecule has 0 bridgehead atoms. The Labute approximate surface area is 158 Å². The molecule has 0 saturated carbocycles. The number of nitrogens with one attached hydrogen (secondary N) is 1. The van der Waals surface area contributed by atoms with Crippen LogP contribution < -0.4 is 10.1 Å². The molecule has 146 valence electrons. The lowest BCUT2D eigenvalue weighted by atomic mass is 10.1. The molecule has 0 spiro atoms. The first-order valence-corrected chi connectivity index (χ1v) is 8.39. The number of benzene rings is 1. The number of ether oxygens (including phenoxy) is 1. The van der Waals surface area contributed by atoms with Crippen LogP contribution in [0.3, 0.4) is 0 Å². The smallest absolute Gasteiger partial charge is 0.422 e. The summed E-state index contributed by atoms with van der Waals surface area (Å²) in [7, 11) is 0. The molecule has 0 fully saturated rings. The van der Waals surface area contributed by atoms with Crippen LogP contribution in [0.1, 0.15) is 27.3 Å². The Morgan fingerprint density at radius 2 is 1.82 bits per heavy atom. The number of halogens is 3. The Morgan fingerprint density at radius 1 is 1.11 bits per heavy atom. The van der Waals surface area contributed by atoms with Gasteiger partial charge < -0.3 is 10.1 Å². The fourth-order valence-electron chi connectivity index (χ4n) is 2.49. The van der Waals surface area contributed by atoms with Crippen molar-refractivity contribution in [2.45, 2.75) is 26.6 Å². The van der Waals surface area contributed by atoms with Crippen molar-refractivity contribution in [1.82, 2.24) is 20.3 Å². The maximum Gasteiger partial charge on any atom is 0.422 e. The molecule has 1 N–H and O–H groups in total.